The van der Waals surface area contributed by atoms with Gasteiger partial charge >= 0.3 is 5.97 Å². The lowest BCUT2D eigenvalue weighted by atomic mass is 10.0. The monoisotopic (exact) mass is 299 g/mol. The van der Waals surface area contributed by atoms with E-state index in [1.165, 1.54) is 0 Å². The third-order valence-electron chi connectivity index (χ3n) is 3.38. The van der Waals surface area contributed by atoms with Crippen LogP contribution in [0.1, 0.15) is 24.1 Å². The molecule has 0 fully saturated rings. The molecule has 0 saturated heterocycles. The molecule has 0 aliphatic carbocycles. The highest BCUT2D eigenvalue weighted by Crippen LogP contribution is 2.24. The van der Waals surface area contributed by atoms with Gasteiger partial charge in [0.15, 0.2) is 6.10 Å². The standard InChI is InChI=1S/C18H21NO3/c1-3-22-18(21)17(20)16(14-7-5-4-6-8-14)19-15-11-9-13(2)10-12-15/h4-12,16-17,19-20H,3H2,1-2H3/t16-,17+/m0/s1. The van der Waals surface area contributed by atoms with Gasteiger partial charge in [-0.2, -0.15) is 0 Å². The third kappa shape index (κ3) is 4.09. The molecule has 0 unspecified atom stereocenters. The fraction of sp³-hybridized carbons (Fsp3) is 0.278. The molecule has 0 radical (unpaired) electrons. The first kappa shape index (κ1) is 16.0. The van der Waals surface area contributed by atoms with Crippen molar-refractivity contribution in [3.63, 3.8) is 0 Å². The topological polar surface area (TPSA) is 58.6 Å². The molecule has 2 atom stereocenters. The van der Waals surface area contributed by atoms with E-state index in [0.717, 1.165) is 16.8 Å². The molecule has 2 rings (SSSR count). The number of aryl methyl sites for hydroxylation is 1. The summed E-state index contributed by atoms with van der Waals surface area (Å²) in [5.74, 6) is -0.629. The van der Waals surface area contributed by atoms with Gasteiger partial charge in [0.2, 0.25) is 0 Å². The van der Waals surface area contributed by atoms with Crippen molar-refractivity contribution in [1.29, 1.82) is 0 Å². The molecule has 0 spiro atoms. The summed E-state index contributed by atoms with van der Waals surface area (Å²) in [5.41, 5.74) is 2.80. The number of nitrogens with one attached hydrogen (secondary N) is 1. The van der Waals surface area contributed by atoms with Gasteiger partial charge in [0.25, 0.3) is 0 Å². The zero-order chi connectivity index (χ0) is 15.9. The van der Waals surface area contributed by atoms with E-state index in [4.69, 9.17) is 4.74 Å². The summed E-state index contributed by atoms with van der Waals surface area (Å²) in [4.78, 5) is 11.9. The first-order valence-corrected chi connectivity index (χ1v) is 7.34. The summed E-state index contributed by atoms with van der Waals surface area (Å²) < 4.78 is 4.93. The highest BCUT2D eigenvalue weighted by molar-refractivity contribution is 5.76. The summed E-state index contributed by atoms with van der Waals surface area (Å²) in [5, 5.41) is 13.6. The molecule has 0 saturated carbocycles. The van der Waals surface area contributed by atoms with Gasteiger partial charge < -0.3 is 15.2 Å². The van der Waals surface area contributed by atoms with E-state index < -0.39 is 18.1 Å². The Morgan fingerprint density at radius 3 is 2.36 bits per heavy atom. The lowest BCUT2D eigenvalue weighted by Crippen LogP contribution is -2.34. The first-order chi connectivity index (χ1) is 10.6. The van der Waals surface area contributed by atoms with Gasteiger partial charge in [-0.25, -0.2) is 4.79 Å². The molecule has 0 aliphatic heterocycles. The zero-order valence-corrected chi connectivity index (χ0v) is 12.8. The number of esters is 1. The minimum atomic E-state index is -1.27. The Bertz CT molecular complexity index is 595. The normalized spacial score (nSPS) is 13.2. The number of hydrogen-bond donors (Lipinski definition) is 2. The van der Waals surface area contributed by atoms with E-state index in [0.29, 0.717) is 0 Å². The van der Waals surface area contributed by atoms with Gasteiger partial charge in [0, 0.05) is 5.69 Å². The average Bonchev–Trinajstić information content (AvgIpc) is 2.55. The number of carbonyl (C=O) groups excluding carboxylic acids is 1. The number of aliphatic hydroxyl groups excluding tert-OH is 1. The van der Waals surface area contributed by atoms with Crippen molar-refractivity contribution in [2.24, 2.45) is 0 Å². The number of rotatable bonds is 6. The number of carbonyl (C=O) groups is 1. The molecule has 0 bridgehead atoms. The summed E-state index contributed by atoms with van der Waals surface area (Å²) in [6.07, 6.45) is -1.27. The van der Waals surface area contributed by atoms with Gasteiger partial charge in [-0.3, -0.25) is 0 Å². The predicted octanol–water partition coefficient (Wildman–Crippen LogP) is 3.07. The molecule has 0 amide bonds. The maximum absolute atomic E-state index is 11.9. The number of ether oxygens (including phenoxy) is 1. The van der Waals surface area contributed by atoms with E-state index in [9.17, 15) is 9.90 Å². The van der Waals surface area contributed by atoms with Crippen LogP contribution in [0.3, 0.4) is 0 Å². The second-order valence-corrected chi connectivity index (χ2v) is 5.10. The molecular weight excluding hydrogens is 278 g/mol. The Kier molecular flexibility index (Phi) is 5.55. The molecule has 2 aromatic carbocycles. The van der Waals surface area contributed by atoms with E-state index in [1.807, 2.05) is 61.5 Å². The second kappa shape index (κ2) is 7.61. The predicted molar refractivity (Wildman–Crippen MR) is 86.6 cm³/mol. The van der Waals surface area contributed by atoms with E-state index >= 15 is 0 Å². The van der Waals surface area contributed by atoms with Crippen molar-refractivity contribution in [3.8, 4) is 0 Å². The largest absolute Gasteiger partial charge is 0.464 e. The summed E-state index contributed by atoms with van der Waals surface area (Å²) in [6.45, 7) is 3.96. The Morgan fingerprint density at radius 2 is 1.77 bits per heavy atom. The van der Waals surface area contributed by atoms with Crippen molar-refractivity contribution in [3.05, 3.63) is 65.7 Å². The fourth-order valence-corrected chi connectivity index (χ4v) is 2.20. The second-order valence-electron chi connectivity index (χ2n) is 5.10. The van der Waals surface area contributed by atoms with Crippen molar-refractivity contribution in [1.82, 2.24) is 0 Å². The minimum absolute atomic E-state index is 0.238. The van der Waals surface area contributed by atoms with Gasteiger partial charge in [0.1, 0.15) is 0 Å². The SMILES string of the molecule is CCOC(=O)[C@H](O)[C@@H](Nc1ccc(C)cc1)c1ccccc1. The zero-order valence-electron chi connectivity index (χ0n) is 12.8. The summed E-state index contributed by atoms with van der Waals surface area (Å²) in [6, 6.07) is 16.6. The Hall–Kier alpha value is -2.33. The van der Waals surface area contributed by atoms with Crippen LogP contribution in [0, 0.1) is 6.92 Å². The van der Waals surface area contributed by atoms with Gasteiger partial charge in [-0.1, -0.05) is 48.0 Å². The molecular formula is C18H21NO3. The molecule has 22 heavy (non-hydrogen) atoms. The first-order valence-electron chi connectivity index (χ1n) is 7.34. The van der Waals surface area contributed by atoms with E-state index in [2.05, 4.69) is 5.32 Å². The van der Waals surface area contributed by atoms with Crippen LogP contribution in [0.25, 0.3) is 0 Å². The third-order valence-corrected chi connectivity index (χ3v) is 3.38. The van der Waals surface area contributed by atoms with Crippen LogP contribution in [-0.2, 0) is 9.53 Å². The Morgan fingerprint density at radius 1 is 1.14 bits per heavy atom. The summed E-state index contributed by atoms with van der Waals surface area (Å²) >= 11 is 0. The maximum atomic E-state index is 11.9. The van der Waals surface area contributed by atoms with Crippen LogP contribution in [0.4, 0.5) is 5.69 Å². The Balaban J connectivity index is 2.25. The molecule has 4 heteroatoms. The van der Waals surface area contributed by atoms with E-state index in [1.54, 1.807) is 6.92 Å². The average molecular weight is 299 g/mol. The molecule has 0 aliphatic rings. The molecule has 4 nitrogen and oxygen atoms in total. The van der Waals surface area contributed by atoms with Crippen LogP contribution in [0.5, 0.6) is 0 Å². The highest BCUT2D eigenvalue weighted by atomic mass is 16.5. The van der Waals surface area contributed by atoms with E-state index in [-0.39, 0.29) is 6.61 Å². The maximum Gasteiger partial charge on any atom is 0.337 e. The van der Waals surface area contributed by atoms with Crippen molar-refractivity contribution >= 4 is 11.7 Å². The molecule has 2 N–H and O–H groups in total. The van der Waals surface area contributed by atoms with Crippen LogP contribution >= 0.6 is 0 Å². The van der Waals surface area contributed by atoms with Crippen LogP contribution in [0.2, 0.25) is 0 Å². The van der Waals surface area contributed by atoms with Crippen LogP contribution < -0.4 is 5.32 Å². The lowest BCUT2D eigenvalue weighted by molar-refractivity contribution is -0.153. The molecule has 0 heterocycles. The van der Waals surface area contributed by atoms with Crippen molar-refractivity contribution in [2.45, 2.75) is 26.0 Å². The van der Waals surface area contributed by atoms with Crippen molar-refractivity contribution in [2.75, 3.05) is 11.9 Å². The van der Waals surface area contributed by atoms with Crippen molar-refractivity contribution < 1.29 is 14.6 Å². The fourth-order valence-electron chi connectivity index (χ4n) is 2.20. The minimum Gasteiger partial charge on any atom is -0.464 e. The van der Waals surface area contributed by atoms with Gasteiger partial charge in [-0.15, -0.1) is 0 Å². The quantitative estimate of drug-likeness (QED) is 0.805. The highest BCUT2D eigenvalue weighted by Gasteiger charge is 2.28. The van der Waals surface area contributed by atoms with Crippen LogP contribution in [-0.4, -0.2) is 23.8 Å². The molecule has 2 aromatic rings. The van der Waals surface area contributed by atoms with Gasteiger partial charge in [0.05, 0.1) is 12.6 Å². The Labute approximate surface area is 130 Å². The number of anilines is 1. The molecule has 116 valence electrons. The summed E-state index contributed by atoms with van der Waals surface area (Å²) in [7, 11) is 0. The molecule has 0 aromatic heterocycles. The van der Waals surface area contributed by atoms with Gasteiger partial charge in [-0.05, 0) is 31.5 Å². The smallest absolute Gasteiger partial charge is 0.337 e. The number of benzene rings is 2. The number of hydrogen-bond acceptors (Lipinski definition) is 4. The van der Waals surface area contributed by atoms with Crippen LogP contribution in [0.15, 0.2) is 54.6 Å². The number of aliphatic hydroxyl groups is 1. The lowest BCUT2D eigenvalue weighted by Gasteiger charge is -2.24.